The Kier molecular flexibility index (Phi) is 7.14. The highest BCUT2D eigenvalue weighted by Crippen LogP contribution is 2.25. The van der Waals surface area contributed by atoms with E-state index in [1.807, 2.05) is 37.3 Å². The fourth-order valence-corrected chi connectivity index (χ4v) is 2.32. The average Bonchev–Trinajstić information content (AvgIpc) is 2.59. The van der Waals surface area contributed by atoms with E-state index in [4.69, 9.17) is 21.1 Å². The van der Waals surface area contributed by atoms with Gasteiger partial charge in [0, 0.05) is 5.02 Å². The number of benzene rings is 2. The zero-order chi connectivity index (χ0) is 18.2. The van der Waals surface area contributed by atoms with Crippen molar-refractivity contribution in [2.45, 2.75) is 39.7 Å². The lowest BCUT2D eigenvalue weighted by Crippen LogP contribution is -2.30. The number of hydrogen-bond acceptors (Lipinski definition) is 3. The molecule has 5 heteroatoms. The molecule has 0 heterocycles. The molecular weight excluding hydrogens is 338 g/mol. The van der Waals surface area contributed by atoms with E-state index in [1.165, 1.54) is 0 Å². The van der Waals surface area contributed by atoms with Gasteiger partial charge in [-0.05, 0) is 56.2 Å². The van der Waals surface area contributed by atoms with Crippen LogP contribution in [0.5, 0.6) is 11.5 Å². The number of nitrogens with one attached hydrogen (secondary N) is 1. The van der Waals surface area contributed by atoms with Gasteiger partial charge >= 0.3 is 0 Å². The highest BCUT2D eigenvalue weighted by Gasteiger charge is 2.17. The van der Waals surface area contributed by atoms with Crippen LogP contribution in [0, 0.1) is 6.92 Å². The van der Waals surface area contributed by atoms with Crippen molar-refractivity contribution in [1.82, 2.24) is 0 Å². The third-order valence-corrected chi connectivity index (χ3v) is 4.14. The van der Waals surface area contributed by atoms with Crippen molar-refractivity contribution in [1.29, 1.82) is 0 Å². The number of amides is 1. The molecular formula is C20H24ClNO3. The number of hydrogen-bond donors (Lipinski definition) is 1. The molecule has 0 aliphatic rings. The summed E-state index contributed by atoms with van der Waals surface area (Å²) in [5.74, 6) is 1.04. The smallest absolute Gasteiger partial charge is 0.265 e. The standard InChI is InChI=1S/C20H24ClNO3/c1-4-5-12-24-19-9-7-6-8-18(19)22-20(23)15(3)25-16-10-11-17(21)14(2)13-16/h6-11,13,15H,4-5,12H2,1-3H3,(H,22,23). The molecule has 1 amide bonds. The van der Waals surface area contributed by atoms with Crippen molar-refractivity contribution in [2.75, 3.05) is 11.9 Å². The van der Waals surface area contributed by atoms with Crippen LogP contribution in [0.4, 0.5) is 5.69 Å². The molecule has 134 valence electrons. The molecule has 0 fully saturated rings. The Morgan fingerprint density at radius 2 is 2.00 bits per heavy atom. The van der Waals surface area contributed by atoms with Crippen LogP contribution >= 0.6 is 11.6 Å². The quantitative estimate of drug-likeness (QED) is 0.654. The van der Waals surface area contributed by atoms with E-state index in [-0.39, 0.29) is 5.91 Å². The summed E-state index contributed by atoms with van der Waals surface area (Å²) < 4.78 is 11.4. The first-order valence-corrected chi connectivity index (χ1v) is 8.84. The van der Waals surface area contributed by atoms with E-state index in [0.717, 1.165) is 18.4 Å². The lowest BCUT2D eigenvalue weighted by atomic mass is 10.2. The van der Waals surface area contributed by atoms with Gasteiger partial charge in [0.15, 0.2) is 6.10 Å². The van der Waals surface area contributed by atoms with Gasteiger partial charge in [-0.3, -0.25) is 4.79 Å². The minimum atomic E-state index is -0.649. The highest BCUT2D eigenvalue weighted by atomic mass is 35.5. The average molecular weight is 362 g/mol. The summed E-state index contributed by atoms with van der Waals surface area (Å²) in [6.07, 6.45) is 1.38. The number of carbonyl (C=O) groups excluding carboxylic acids is 1. The van der Waals surface area contributed by atoms with Crippen LogP contribution in [0.15, 0.2) is 42.5 Å². The van der Waals surface area contributed by atoms with Crippen LogP contribution in [-0.4, -0.2) is 18.6 Å². The third-order valence-electron chi connectivity index (χ3n) is 3.71. The fraction of sp³-hybridized carbons (Fsp3) is 0.350. The molecule has 0 bridgehead atoms. The van der Waals surface area contributed by atoms with Crippen molar-refractivity contribution in [3.63, 3.8) is 0 Å². The minimum absolute atomic E-state index is 0.237. The van der Waals surface area contributed by atoms with Crippen molar-refractivity contribution in [2.24, 2.45) is 0 Å². The maximum atomic E-state index is 12.4. The summed E-state index contributed by atoms with van der Waals surface area (Å²) in [4.78, 5) is 12.4. The molecule has 0 aliphatic carbocycles. The molecule has 0 saturated carbocycles. The lowest BCUT2D eigenvalue weighted by Gasteiger charge is -2.17. The Bertz CT molecular complexity index is 718. The zero-order valence-electron chi connectivity index (χ0n) is 14.8. The van der Waals surface area contributed by atoms with E-state index in [2.05, 4.69) is 12.2 Å². The number of halogens is 1. The van der Waals surface area contributed by atoms with E-state index in [9.17, 15) is 4.79 Å². The van der Waals surface area contributed by atoms with Crippen molar-refractivity contribution >= 4 is 23.2 Å². The lowest BCUT2D eigenvalue weighted by molar-refractivity contribution is -0.122. The predicted molar refractivity (Wildman–Crippen MR) is 102 cm³/mol. The second kappa shape index (κ2) is 9.33. The topological polar surface area (TPSA) is 47.6 Å². The Morgan fingerprint density at radius 1 is 1.24 bits per heavy atom. The van der Waals surface area contributed by atoms with Crippen molar-refractivity contribution in [3.8, 4) is 11.5 Å². The maximum absolute atomic E-state index is 12.4. The van der Waals surface area contributed by atoms with Crippen molar-refractivity contribution < 1.29 is 14.3 Å². The predicted octanol–water partition coefficient (Wildman–Crippen LogP) is 5.23. The van der Waals surface area contributed by atoms with Gasteiger partial charge in [0.1, 0.15) is 11.5 Å². The number of unbranched alkanes of at least 4 members (excludes halogenated alkanes) is 1. The molecule has 0 saturated heterocycles. The van der Waals surface area contributed by atoms with Gasteiger partial charge in [0.25, 0.3) is 5.91 Å². The van der Waals surface area contributed by atoms with Crippen LogP contribution < -0.4 is 14.8 Å². The highest BCUT2D eigenvalue weighted by molar-refractivity contribution is 6.31. The number of ether oxygens (including phenoxy) is 2. The van der Waals surface area contributed by atoms with Gasteiger partial charge in [0.05, 0.1) is 12.3 Å². The van der Waals surface area contributed by atoms with Crippen LogP contribution in [0.1, 0.15) is 32.3 Å². The summed E-state index contributed by atoms with van der Waals surface area (Å²) in [5, 5.41) is 3.54. The number of para-hydroxylation sites is 2. The largest absolute Gasteiger partial charge is 0.491 e. The molecule has 2 aromatic rings. The minimum Gasteiger partial charge on any atom is -0.491 e. The molecule has 25 heavy (non-hydrogen) atoms. The van der Waals surface area contributed by atoms with Crippen molar-refractivity contribution in [3.05, 3.63) is 53.1 Å². The molecule has 1 atom stereocenters. The zero-order valence-corrected chi connectivity index (χ0v) is 15.6. The Labute approximate surface area is 154 Å². The second-order valence-electron chi connectivity index (χ2n) is 5.86. The molecule has 0 aromatic heterocycles. The molecule has 0 radical (unpaired) electrons. The summed E-state index contributed by atoms with van der Waals surface area (Å²) >= 11 is 6.01. The number of anilines is 1. The maximum Gasteiger partial charge on any atom is 0.265 e. The van der Waals surface area contributed by atoms with Crippen LogP contribution in [0.25, 0.3) is 0 Å². The third kappa shape index (κ3) is 5.68. The monoisotopic (exact) mass is 361 g/mol. The molecule has 0 aliphatic heterocycles. The first-order chi connectivity index (χ1) is 12.0. The number of aryl methyl sites for hydroxylation is 1. The van der Waals surface area contributed by atoms with Gasteiger partial charge in [-0.25, -0.2) is 0 Å². The van der Waals surface area contributed by atoms with E-state index in [1.54, 1.807) is 19.1 Å². The van der Waals surface area contributed by atoms with Crippen LogP contribution in [0.2, 0.25) is 5.02 Å². The van der Waals surface area contributed by atoms with Gasteiger partial charge in [-0.1, -0.05) is 37.1 Å². The first-order valence-electron chi connectivity index (χ1n) is 8.46. The summed E-state index contributed by atoms with van der Waals surface area (Å²) in [6.45, 7) is 6.33. The Hall–Kier alpha value is -2.20. The summed E-state index contributed by atoms with van der Waals surface area (Å²) in [6, 6.07) is 12.7. The molecule has 2 aromatic carbocycles. The van der Waals surface area contributed by atoms with E-state index in [0.29, 0.717) is 28.8 Å². The normalized spacial score (nSPS) is 11.7. The van der Waals surface area contributed by atoms with Gasteiger partial charge < -0.3 is 14.8 Å². The second-order valence-corrected chi connectivity index (χ2v) is 6.27. The Balaban J connectivity index is 1.99. The molecule has 0 spiro atoms. The molecule has 2 rings (SSSR count). The molecule has 4 nitrogen and oxygen atoms in total. The van der Waals surface area contributed by atoms with E-state index >= 15 is 0 Å². The first kappa shape index (κ1) is 19.1. The number of rotatable bonds is 8. The molecule has 1 N–H and O–H groups in total. The Morgan fingerprint density at radius 3 is 2.72 bits per heavy atom. The van der Waals surface area contributed by atoms with Gasteiger partial charge in [-0.2, -0.15) is 0 Å². The summed E-state index contributed by atoms with van der Waals surface area (Å²) in [5.41, 5.74) is 1.55. The fourth-order valence-electron chi connectivity index (χ4n) is 2.20. The van der Waals surface area contributed by atoms with Gasteiger partial charge in [-0.15, -0.1) is 0 Å². The van der Waals surface area contributed by atoms with Crippen LogP contribution in [0.3, 0.4) is 0 Å². The number of carbonyl (C=O) groups is 1. The van der Waals surface area contributed by atoms with Crippen LogP contribution in [-0.2, 0) is 4.79 Å². The van der Waals surface area contributed by atoms with Gasteiger partial charge in [0.2, 0.25) is 0 Å². The summed E-state index contributed by atoms with van der Waals surface area (Å²) in [7, 11) is 0. The molecule has 1 unspecified atom stereocenters. The van der Waals surface area contributed by atoms with E-state index < -0.39 is 6.10 Å². The SMILES string of the molecule is CCCCOc1ccccc1NC(=O)C(C)Oc1ccc(Cl)c(C)c1.